The molecular formula is C13H21N3OS. The molecule has 0 aliphatic heterocycles. The number of carbonyl (C=O) groups excluding carboxylic acids is 1. The summed E-state index contributed by atoms with van der Waals surface area (Å²) in [6, 6.07) is 3.81. The van der Waals surface area contributed by atoms with Crippen LogP contribution in [-0.4, -0.2) is 35.5 Å². The molecular weight excluding hydrogens is 246 g/mol. The molecule has 0 radical (unpaired) electrons. The van der Waals surface area contributed by atoms with E-state index in [2.05, 4.69) is 22.5 Å². The van der Waals surface area contributed by atoms with E-state index < -0.39 is 0 Å². The van der Waals surface area contributed by atoms with Crippen LogP contribution < -0.4 is 10.6 Å². The molecule has 1 atom stereocenters. The molecule has 1 aromatic heterocycles. The summed E-state index contributed by atoms with van der Waals surface area (Å²) in [5.74, 6) is 1.66. The minimum absolute atomic E-state index is 0.0638. The van der Waals surface area contributed by atoms with Gasteiger partial charge in [-0.1, -0.05) is 6.92 Å². The lowest BCUT2D eigenvalue weighted by atomic mass is 10.2. The van der Waals surface area contributed by atoms with Gasteiger partial charge >= 0.3 is 0 Å². The fourth-order valence-corrected chi connectivity index (χ4v) is 2.07. The van der Waals surface area contributed by atoms with Crippen LogP contribution in [0.3, 0.4) is 0 Å². The molecule has 1 unspecified atom stereocenters. The molecule has 18 heavy (non-hydrogen) atoms. The third-order valence-electron chi connectivity index (χ3n) is 2.38. The summed E-state index contributed by atoms with van der Waals surface area (Å²) in [6.07, 6.45) is 4.69. The largest absolute Gasteiger partial charge is 0.370 e. The van der Waals surface area contributed by atoms with Gasteiger partial charge in [-0.05, 0) is 31.7 Å². The third kappa shape index (κ3) is 4.96. The van der Waals surface area contributed by atoms with Crippen LogP contribution >= 0.6 is 11.8 Å². The molecule has 0 saturated carbocycles. The number of hydrogen-bond donors (Lipinski definition) is 2. The average Bonchev–Trinajstić information content (AvgIpc) is 2.37. The zero-order chi connectivity index (χ0) is 13.4. The van der Waals surface area contributed by atoms with Crippen molar-refractivity contribution in [1.82, 2.24) is 10.3 Å². The summed E-state index contributed by atoms with van der Waals surface area (Å²) in [5, 5.41) is 6.11. The van der Waals surface area contributed by atoms with E-state index in [1.807, 2.05) is 19.2 Å². The highest BCUT2D eigenvalue weighted by Gasteiger charge is 2.09. The number of aromatic nitrogens is 1. The molecule has 1 rings (SSSR count). The Labute approximate surface area is 113 Å². The maximum atomic E-state index is 11.9. The standard InChI is InChI=1S/C13H21N3OS/c1-4-7-14-12-6-5-11(8-15-12)13(17)16-10(2)9-18-3/h5-6,8,10H,4,7,9H2,1-3H3,(H,14,15)(H,16,17). The van der Waals surface area contributed by atoms with Gasteiger partial charge in [0, 0.05) is 24.5 Å². The fourth-order valence-electron chi connectivity index (χ4n) is 1.48. The summed E-state index contributed by atoms with van der Waals surface area (Å²) in [4.78, 5) is 16.1. The smallest absolute Gasteiger partial charge is 0.253 e. The van der Waals surface area contributed by atoms with Gasteiger partial charge in [0.05, 0.1) is 5.56 Å². The molecule has 4 nitrogen and oxygen atoms in total. The van der Waals surface area contributed by atoms with E-state index in [1.54, 1.807) is 24.0 Å². The lowest BCUT2D eigenvalue weighted by molar-refractivity contribution is 0.0943. The molecule has 0 aliphatic rings. The van der Waals surface area contributed by atoms with E-state index in [0.717, 1.165) is 24.5 Å². The van der Waals surface area contributed by atoms with Crippen LogP contribution in [0.1, 0.15) is 30.6 Å². The Morgan fingerprint density at radius 3 is 2.83 bits per heavy atom. The summed E-state index contributed by atoms with van der Waals surface area (Å²) in [7, 11) is 0. The van der Waals surface area contributed by atoms with Crippen LogP contribution in [0.25, 0.3) is 0 Å². The van der Waals surface area contributed by atoms with Gasteiger partial charge in [-0.2, -0.15) is 11.8 Å². The fraction of sp³-hybridized carbons (Fsp3) is 0.538. The first-order valence-corrected chi connectivity index (χ1v) is 7.56. The highest BCUT2D eigenvalue weighted by atomic mass is 32.2. The number of rotatable bonds is 7. The second-order valence-corrected chi connectivity index (χ2v) is 5.10. The SMILES string of the molecule is CCCNc1ccc(C(=O)NC(C)CSC)cn1. The molecule has 0 saturated heterocycles. The Hall–Kier alpha value is -1.23. The van der Waals surface area contributed by atoms with Gasteiger partial charge < -0.3 is 10.6 Å². The first kappa shape index (κ1) is 14.8. The van der Waals surface area contributed by atoms with E-state index in [-0.39, 0.29) is 11.9 Å². The number of anilines is 1. The second kappa shape index (κ2) is 7.97. The van der Waals surface area contributed by atoms with Crippen LogP contribution in [0.15, 0.2) is 18.3 Å². The van der Waals surface area contributed by atoms with Crippen molar-refractivity contribution < 1.29 is 4.79 Å². The van der Waals surface area contributed by atoms with Crippen LogP contribution in [0.4, 0.5) is 5.82 Å². The quantitative estimate of drug-likeness (QED) is 0.796. The van der Waals surface area contributed by atoms with E-state index in [9.17, 15) is 4.79 Å². The molecule has 1 aromatic rings. The van der Waals surface area contributed by atoms with E-state index in [4.69, 9.17) is 0 Å². The Balaban J connectivity index is 2.53. The maximum Gasteiger partial charge on any atom is 0.253 e. The zero-order valence-electron chi connectivity index (χ0n) is 11.2. The molecule has 100 valence electrons. The van der Waals surface area contributed by atoms with Gasteiger partial charge in [-0.3, -0.25) is 4.79 Å². The van der Waals surface area contributed by atoms with Crippen molar-refractivity contribution in [2.75, 3.05) is 23.9 Å². The van der Waals surface area contributed by atoms with Crippen LogP contribution in [0.2, 0.25) is 0 Å². The molecule has 2 N–H and O–H groups in total. The van der Waals surface area contributed by atoms with Gasteiger partial charge in [0.1, 0.15) is 5.82 Å². The predicted molar refractivity (Wildman–Crippen MR) is 78.3 cm³/mol. The molecule has 0 fully saturated rings. The second-order valence-electron chi connectivity index (χ2n) is 4.19. The van der Waals surface area contributed by atoms with Crippen molar-refractivity contribution in [3.8, 4) is 0 Å². The van der Waals surface area contributed by atoms with Crippen molar-refractivity contribution in [1.29, 1.82) is 0 Å². The monoisotopic (exact) mass is 267 g/mol. The van der Waals surface area contributed by atoms with E-state index in [0.29, 0.717) is 5.56 Å². The summed E-state index contributed by atoms with van der Waals surface area (Å²) >= 11 is 1.72. The topological polar surface area (TPSA) is 54.0 Å². The van der Waals surface area contributed by atoms with Gasteiger partial charge in [0.2, 0.25) is 0 Å². The van der Waals surface area contributed by atoms with Crippen LogP contribution in [-0.2, 0) is 0 Å². The van der Waals surface area contributed by atoms with Crippen molar-refractivity contribution in [2.45, 2.75) is 26.3 Å². The molecule has 0 aromatic carbocycles. The number of hydrogen-bond acceptors (Lipinski definition) is 4. The van der Waals surface area contributed by atoms with Crippen LogP contribution in [0.5, 0.6) is 0 Å². The molecule has 5 heteroatoms. The summed E-state index contributed by atoms with van der Waals surface area (Å²) < 4.78 is 0. The Morgan fingerprint density at radius 1 is 1.50 bits per heavy atom. The normalized spacial score (nSPS) is 11.9. The minimum Gasteiger partial charge on any atom is -0.370 e. The number of nitrogens with one attached hydrogen (secondary N) is 2. The van der Waals surface area contributed by atoms with E-state index >= 15 is 0 Å². The number of thioether (sulfide) groups is 1. The van der Waals surface area contributed by atoms with Crippen molar-refractivity contribution >= 4 is 23.5 Å². The summed E-state index contributed by atoms with van der Waals surface area (Å²) in [6.45, 7) is 4.99. The Bertz CT molecular complexity index is 367. The van der Waals surface area contributed by atoms with Gasteiger partial charge in [-0.25, -0.2) is 4.98 Å². The number of nitrogens with zero attached hydrogens (tertiary/aromatic N) is 1. The molecule has 1 amide bonds. The van der Waals surface area contributed by atoms with Crippen LogP contribution in [0, 0.1) is 0 Å². The maximum absolute atomic E-state index is 11.9. The Kier molecular flexibility index (Phi) is 6.57. The van der Waals surface area contributed by atoms with Gasteiger partial charge in [0.25, 0.3) is 5.91 Å². The third-order valence-corrected chi connectivity index (χ3v) is 3.21. The summed E-state index contributed by atoms with van der Waals surface area (Å²) in [5.41, 5.74) is 0.602. The highest BCUT2D eigenvalue weighted by Crippen LogP contribution is 2.06. The first-order chi connectivity index (χ1) is 8.67. The van der Waals surface area contributed by atoms with Crippen molar-refractivity contribution in [3.63, 3.8) is 0 Å². The van der Waals surface area contributed by atoms with Crippen molar-refractivity contribution in [3.05, 3.63) is 23.9 Å². The van der Waals surface area contributed by atoms with Gasteiger partial charge in [-0.15, -0.1) is 0 Å². The number of carbonyl (C=O) groups is 1. The lowest BCUT2D eigenvalue weighted by Gasteiger charge is -2.12. The first-order valence-electron chi connectivity index (χ1n) is 6.17. The average molecular weight is 267 g/mol. The Morgan fingerprint density at radius 2 is 2.28 bits per heavy atom. The van der Waals surface area contributed by atoms with Gasteiger partial charge in [0.15, 0.2) is 0 Å². The molecule has 0 spiro atoms. The minimum atomic E-state index is -0.0638. The highest BCUT2D eigenvalue weighted by molar-refractivity contribution is 7.98. The predicted octanol–water partition coefficient (Wildman–Crippen LogP) is 2.38. The van der Waals surface area contributed by atoms with E-state index in [1.165, 1.54) is 0 Å². The lowest BCUT2D eigenvalue weighted by Crippen LogP contribution is -2.34. The zero-order valence-corrected chi connectivity index (χ0v) is 12.0. The molecule has 1 heterocycles. The molecule has 0 bridgehead atoms. The number of amides is 1. The molecule has 0 aliphatic carbocycles. The number of pyridine rings is 1. The van der Waals surface area contributed by atoms with Crippen molar-refractivity contribution in [2.24, 2.45) is 0 Å².